The van der Waals surface area contributed by atoms with Gasteiger partial charge in [-0.25, -0.2) is 0 Å². The molecule has 38 heavy (non-hydrogen) atoms. The molecule has 0 saturated heterocycles. The van der Waals surface area contributed by atoms with Crippen molar-refractivity contribution < 1.29 is 14.4 Å². The highest BCUT2D eigenvalue weighted by Gasteiger charge is 2.36. The lowest BCUT2D eigenvalue weighted by Gasteiger charge is -2.28. The predicted octanol–water partition coefficient (Wildman–Crippen LogP) is 5.24. The molecule has 2 aromatic heterocycles. The quantitative estimate of drug-likeness (QED) is 0.344. The molecule has 3 heterocycles. The number of hydrogen-bond acceptors (Lipinski definition) is 5. The first-order valence-corrected chi connectivity index (χ1v) is 12.5. The summed E-state index contributed by atoms with van der Waals surface area (Å²) >= 11 is 12.1. The normalized spacial score (nSPS) is 14.9. The van der Waals surface area contributed by atoms with Crippen LogP contribution in [0.25, 0.3) is 0 Å². The van der Waals surface area contributed by atoms with Crippen molar-refractivity contribution >= 4 is 52.3 Å². The minimum absolute atomic E-state index is 0.163. The maximum absolute atomic E-state index is 13.7. The molecule has 1 atom stereocenters. The van der Waals surface area contributed by atoms with Crippen LogP contribution in [-0.2, 0) is 17.8 Å². The van der Waals surface area contributed by atoms with Gasteiger partial charge in [0, 0.05) is 46.8 Å². The molecule has 10 heteroatoms. The van der Waals surface area contributed by atoms with E-state index in [2.05, 4.69) is 20.6 Å². The van der Waals surface area contributed by atoms with E-state index in [0.717, 1.165) is 5.56 Å². The molecule has 2 N–H and O–H groups in total. The van der Waals surface area contributed by atoms with Gasteiger partial charge in [0.25, 0.3) is 11.8 Å². The molecule has 3 amide bonds. The van der Waals surface area contributed by atoms with Gasteiger partial charge in [-0.1, -0.05) is 41.4 Å². The van der Waals surface area contributed by atoms with E-state index in [1.165, 1.54) is 17.2 Å². The maximum Gasteiger partial charge on any atom is 0.274 e. The van der Waals surface area contributed by atoms with Crippen molar-refractivity contribution in [2.75, 3.05) is 10.6 Å². The zero-order valence-corrected chi connectivity index (χ0v) is 21.4. The van der Waals surface area contributed by atoms with Crippen molar-refractivity contribution in [2.45, 2.75) is 19.0 Å². The highest BCUT2D eigenvalue weighted by Crippen LogP contribution is 2.29. The van der Waals surface area contributed by atoms with Crippen molar-refractivity contribution in [1.29, 1.82) is 0 Å². The molecule has 5 rings (SSSR count). The molecule has 0 aliphatic carbocycles. The summed E-state index contributed by atoms with van der Waals surface area (Å²) in [5, 5.41) is 6.46. The summed E-state index contributed by atoms with van der Waals surface area (Å²) in [6.45, 7) is 0.163. The number of pyridine rings is 2. The molecule has 0 unspecified atom stereocenters. The Bertz CT molecular complexity index is 1510. The van der Waals surface area contributed by atoms with Crippen LogP contribution < -0.4 is 10.6 Å². The summed E-state index contributed by atoms with van der Waals surface area (Å²) in [4.78, 5) is 49.4. The first kappa shape index (κ1) is 25.4. The van der Waals surface area contributed by atoms with Gasteiger partial charge in [0.2, 0.25) is 5.91 Å². The molecule has 0 saturated carbocycles. The summed E-state index contributed by atoms with van der Waals surface area (Å²) < 4.78 is 0. The number of aromatic nitrogens is 2. The zero-order chi connectivity index (χ0) is 26.6. The van der Waals surface area contributed by atoms with Gasteiger partial charge < -0.3 is 15.5 Å². The first-order valence-electron chi connectivity index (χ1n) is 11.7. The van der Waals surface area contributed by atoms with Crippen LogP contribution in [0.4, 0.5) is 11.4 Å². The molecule has 1 aliphatic rings. The smallest absolute Gasteiger partial charge is 0.274 e. The van der Waals surface area contributed by atoms with E-state index in [4.69, 9.17) is 23.2 Å². The number of benzene rings is 2. The second-order valence-corrected chi connectivity index (χ2v) is 9.54. The molecule has 0 spiro atoms. The molecule has 8 nitrogen and oxygen atoms in total. The van der Waals surface area contributed by atoms with Gasteiger partial charge >= 0.3 is 0 Å². The third-order valence-electron chi connectivity index (χ3n) is 6.06. The second-order valence-electron chi connectivity index (χ2n) is 8.66. The van der Waals surface area contributed by atoms with E-state index in [0.29, 0.717) is 32.7 Å². The van der Waals surface area contributed by atoms with Crippen LogP contribution in [0, 0.1) is 0 Å². The summed E-state index contributed by atoms with van der Waals surface area (Å²) in [7, 11) is 0. The number of hydrogen-bond donors (Lipinski definition) is 2. The van der Waals surface area contributed by atoms with Crippen LogP contribution in [0.15, 0.2) is 85.2 Å². The van der Waals surface area contributed by atoms with Crippen LogP contribution in [-0.4, -0.2) is 38.6 Å². The largest absolute Gasteiger partial charge is 0.323 e. The maximum atomic E-state index is 13.7. The summed E-state index contributed by atoms with van der Waals surface area (Å²) in [6, 6.07) is 19.5. The first-order chi connectivity index (χ1) is 18.4. The fourth-order valence-corrected chi connectivity index (χ4v) is 4.51. The van der Waals surface area contributed by atoms with Crippen molar-refractivity contribution in [3.8, 4) is 0 Å². The number of carbonyl (C=O) groups is 3. The van der Waals surface area contributed by atoms with Gasteiger partial charge in [0.05, 0.1) is 11.3 Å². The Morgan fingerprint density at radius 3 is 2.45 bits per heavy atom. The van der Waals surface area contributed by atoms with E-state index < -0.39 is 11.9 Å². The predicted molar refractivity (Wildman–Crippen MR) is 145 cm³/mol. The van der Waals surface area contributed by atoms with Crippen LogP contribution in [0.5, 0.6) is 0 Å². The Morgan fingerprint density at radius 1 is 0.921 bits per heavy atom. The lowest BCUT2D eigenvalue weighted by atomic mass is 10.1. The Kier molecular flexibility index (Phi) is 7.35. The minimum Gasteiger partial charge on any atom is -0.323 e. The van der Waals surface area contributed by atoms with E-state index >= 15 is 0 Å². The van der Waals surface area contributed by atoms with Gasteiger partial charge in [-0.15, -0.1) is 0 Å². The number of amides is 3. The average Bonchev–Trinajstić information content (AvgIpc) is 3.00. The molecular formula is C28H21Cl2N5O3. The lowest BCUT2D eigenvalue weighted by Crippen LogP contribution is -2.46. The topological polar surface area (TPSA) is 104 Å². The molecule has 2 aromatic carbocycles. The molecule has 4 aromatic rings. The number of nitrogens with zero attached hydrogens (tertiary/aromatic N) is 3. The highest BCUT2D eigenvalue weighted by molar-refractivity contribution is 6.31. The molecule has 1 aliphatic heterocycles. The Hall–Kier alpha value is -4.27. The van der Waals surface area contributed by atoms with E-state index in [1.54, 1.807) is 60.8 Å². The molecule has 0 fully saturated rings. The standard InChI is InChI=1S/C28H21Cl2N5O3/c29-18-6-9-22-23(13-18)34-27(37)25(15-21-3-1-2-11-31-21)35(28(22)38)16-17-4-7-20(8-5-17)33-26(36)24-14-19(30)10-12-32-24/h1-14,25H,15-16H2,(H,33,36)(H,34,37)/t25-/m1/s1. The van der Waals surface area contributed by atoms with E-state index in [-0.39, 0.29) is 30.5 Å². The minimum atomic E-state index is -0.808. The van der Waals surface area contributed by atoms with Crippen molar-refractivity contribution in [3.05, 3.63) is 118 Å². The van der Waals surface area contributed by atoms with Gasteiger partial charge in [0.1, 0.15) is 11.7 Å². The van der Waals surface area contributed by atoms with Crippen LogP contribution >= 0.6 is 23.2 Å². The van der Waals surface area contributed by atoms with Crippen molar-refractivity contribution in [2.24, 2.45) is 0 Å². The van der Waals surface area contributed by atoms with Crippen molar-refractivity contribution in [3.63, 3.8) is 0 Å². The van der Waals surface area contributed by atoms with Crippen molar-refractivity contribution in [1.82, 2.24) is 14.9 Å². The summed E-state index contributed by atoms with van der Waals surface area (Å²) in [5.41, 5.74) is 2.91. The number of nitrogens with one attached hydrogen (secondary N) is 2. The SMILES string of the molecule is O=C(Nc1ccc(CN2C(=O)c3ccc(Cl)cc3NC(=O)[C@H]2Cc2ccccn2)cc1)c1cc(Cl)ccn1. The molecule has 0 radical (unpaired) electrons. The van der Waals surface area contributed by atoms with Gasteiger partial charge in [-0.3, -0.25) is 24.4 Å². The zero-order valence-electron chi connectivity index (χ0n) is 19.9. The van der Waals surface area contributed by atoms with Gasteiger partial charge in [0.15, 0.2) is 0 Å². The number of anilines is 2. The van der Waals surface area contributed by atoms with Crippen LogP contribution in [0.3, 0.4) is 0 Å². The number of fused-ring (bicyclic) bond motifs is 1. The summed E-state index contributed by atoms with van der Waals surface area (Å²) in [5.74, 6) is -1.03. The molecular weight excluding hydrogens is 525 g/mol. The highest BCUT2D eigenvalue weighted by atomic mass is 35.5. The fraction of sp³-hybridized carbons (Fsp3) is 0.107. The van der Waals surface area contributed by atoms with Crippen LogP contribution in [0.2, 0.25) is 10.0 Å². The van der Waals surface area contributed by atoms with Gasteiger partial charge in [-0.05, 0) is 60.2 Å². The number of carbonyl (C=O) groups excluding carboxylic acids is 3. The molecule has 0 bridgehead atoms. The average molecular weight is 546 g/mol. The Morgan fingerprint density at radius 2 is 1.71 bits per heavy atom. The number of halogens is 2. The second kappa shape index (κ2) is 11.0. The Balaban J connectivity index is 1.40. The van der Waals surface area contributed by atoms with Crippen LogP contribution in [0.1, 0.15) is 32.1 Å². The summed E-state index contributed by atoms with van der Waals surface area (Å²) in [6.07, 6.45) is 3.35. The third kappa shape index (κ3) is 5.66. The van der Waals surface area contributed by atoms with Gasteiger partial charge in [-0.2, -0.15) is 0 Å². The van der Waals surface area contributed by atoms with E-state index in [9.17, 15) is 14.4 Å². The fourth-order valence-electron chi connectivity index (χ4n) is 4.18. The number of rotatable bonds is 6. The Labute approximate surface area is 228 Å². The molecule has 190 valence electrons. The monoisotopic (exact) mass is 545 g/mol. The van der Waals surface area contributed by atoms with E-state index in [1.807, 2.05) is 12.1 Å². The third-order valence-corrected chi connectivity index (χ3v) is 6.53. The lowest BCUT2D eigenvalue weighted by molar-refractivity contribution is -0.120.